The van der Waals surface area contributed by atoms with Crippen molar-refractivity contribution in [2.75, 3.05) is 0 Å². The third-order valence-corrected chi connectivity index (χ3v) is 7.58. The molecule has 4 heteroatoms. The van der Waals surface area contributed by atoms with Crippen LogP contribution in [0.15, 0.2) is 114 Å². The van der Waals surface area contributed by atoms with E-state index < -0.39 is 0 Å². The van der Waals surface area contributed by atoms with Gasteiger partial charge < -0.3 is 4.42 Å². The van der Waals surface area contributed by atoms with Gasteiger partial charge in [-0.05, 0) is 47.0 Å². The molecule has 0 N–H and O–H groups in total. The number of hydrogen-bond acceptors (Lipinski definition) is 4. The van der Waals surface area contributed by atoms with Crippen LogP contribution < -0.4 is 0 Å². The maximum atomic E-state index is 9.54. The van der Waals surface area contributed by atoms with Crippen molar-refractivity contribution in [3.63, 3.8) is 0 Å². The Hall–Kier alpha value is -5.27. The minimum Gasteiger partial charge on any atom is -0.456 e. The molecule has 1 aliphatic carbocycles. The lowest BCUT2D eigenvalue weighted by atomic mass is 9.93. The molecular formula is C34H19N3O. The summed E-state index contributed by atoms with van der Waals surface area (Å²) in [7, 11) is 0. The van der Waals surface area contributed by atoms with Gasteiger partial charge >= 0.3 is 0 Å². The Morgan fingerprint density at radius 2 is 1.50 bits per heavy atom. The molecule has 0 fully saturated rings. The summed E-state index contributed by atoms with van der Waals surface area (Å²) in [6.07, 6.45) is 0. The molecule has 5 aromatic carbocycles. The van der Waals surface area contributed by atoms with Crippen molar-refractivity contribution in [2.45, 2.75) is 5.92 Å². The first-order valence-electron chi connectivity index (χ1n) is 12.6. The topological polar surface area (TPSA) is 62.7 Å². The van der Waals surface area contributed by atoms with E-state index in [1.54, 1.807) is 0 Å². The number of para-hydroxylation sites is 2. The average Bonchev–Trinajstić information content (AvgIpc) is 3.52. The Morgan fingerprint density at radius 3 is 2.42 bits per heavy atom. The second kappa shape index (κ2) is 7.86. The number of hydrogen-bond donors (Lipinski definition) is 0. The molecule has 0 saturated heterocycles. The summed E-state index contributed by atoms with van der Waals surface area (Å²) in [6, 6.07) is 39.0. The van der Waals surface area contributed by atoms with Crippen molar-refractivity contribution in [3.05, 3.63) is 132 Å². The van der Waals surface area contributed by atoms with Crippen LogP contribution in [0.4, 0.5) is 0 Å². The van der Waals surface area contributed by atoms with Gasteiger partial charge in [-0.3, -0.25) is 0 Å². The van der Waals surface area contributed by atoms with E-state index in [4.69, 9.17) is 14.4 Å². The van der Waals surface area contributed by atoms with E-state index in [-0.39, 0.29) is 5.92 Å². The molecule has 2 heterocycles. The first-order chi connectivity index (χ1) is 18.8. The highest BCUT2D eigenvalue weighted by Gasteiger charge is 2.35. The van der Waals surface area contributed by atoms with Crippen LogP contribution in [0.25, 0.3) is 55.2 Å². The zero-order valence-corrected chi connectivity index (χ0v) is 20.2. The molecule has 176 valence electrons. The second-order valence-electron chi connectivity index (χ2n) is 9.66. The first-order valence-corrected chi connectivity index (χ1v) is 12.6. The Balaban J connectivity index is 1.46. The van der Waals surface area contributed by atoms with E-state index in [1.807, 2.05) is 66.7 Å². The Bertz CT molecular complexity index is 2120. The van der Waals surface area contributed by atoms with Gasteiger partial charge in [0.15, 0.2) is 0 Å². The summed E-state index contributed by atoms with van der Waals surface area (Å²) >= 11 is 0. The third kappa shape index (κ3) is 2.90. The van der Waals surface area contributed by atoms with Crippen LogP contribution in [0.2, 0.25) is 0 Å². The summed E-state index contributed by atoms with van der Waals surface area (Å²) in [6.45, 7) is 0. The second-order valence-corrected chi connectivity index (χ2v) is 9.66. The van der Waals surface area contributed by atoms with Crippen molar-refractivity contribution in [1.82, 2.24) is 9.97 Å². The number of aromatic nitrogens is 2. The van der Waals surface area contributed by atoms with Crippen LogP contribution in [0, 0.1) is 11.3 Å². The van der Waals surface area contributed by atoms with Crippen LogP contribution in [-0.4, -0.2) is 9.97 Å². The number of rotatable bonds is 2. The highest BCUT2D eigenvalue weighted by Crippen LogP contribution is 2.51. The molecule has 0 radical (unpaired) electrons. The first kappa shape index (κ1) is 20.9. The lowest BCUT2D eigenvalue weighted by molar-refractivity contribution is 0.661. The number of nitriles is 1. The van der Waals surface area contributed by atoms with Crippen LogP contribution in [0.5, 0.6) is 0 Å². The normalized spacial score (nSPS) is 14.0. The van der Waals surface area contributed by atoms with Crippen molar-refractivity contribution in [3.8, 4) is 28.5 Å². The summed E-state index contributed by atoms with van der Waals surface area (Å²) in [5, 5.41) is 12.7. The number of benzene rings is 5. The lowest BCUT2D eigenvalue weighted by Crippen LogP contribution is -2.07. The van der Waals surface area contributed by atoms with Crippen LogP contribution in [0.1, 0.15) is 28.4 Å². The van der Waals surface area contributed by atoms with E-state index in [2.05, 4.69) is 48.5 Å². The van der Waals surface area contributed by atoms with E-state index in [0.29, 0.717) is 5.56 Å². The highest BCUT2D eigenvalue weighted by atomic mass is 16.3. The molecule has 0 aliphatic heterocycles. The largest absolute Gasteiger partial charge is 0.456 e. The summed E-state index contributed by atoms with van der Waals surface area (Å²) < 4.78 is 6.52. The quantitative estimate of drug-likeness (QED) is 0.247. The van der Waals surface area contributed by atoms with Gasteiger partial charge in [-0.2, -0.15) is 5.26 Å². The van der Waals surface area contributed by atoms with Gasteiger partial charge in [-0.15, -0.1) is 0 Å². The zero-order valence-electron chi connectivity index (χ0n) is 20.2. The predicted octanol–water partition coefficient (Wildman–Crippen LogP) is 8.23. The van der Waals surface area contributed by atoms with Gasteiger partial charge in [0.25, 0.3) is 0 Å². The van der Waals surface area contributed by atoms with Crippen molar-refractivity contribution >= 4 is 32.8 Å². The fourth-order valence-corrected chi connectivity index (χ4v) is 5.93. The van der Waals surface area contributed by atoms with Gasteiger partial charge in [0.2, 0.25) is 0 Å². The van der Waals surface area contributed by atoms with E-state index in [0.717, 1.165) is 61.1 Å². The number of furan rings is 1. The van der Waals surface area contributed by atoms with Gasteiger partial charge in [0.05, 0.1) is 28.8 Å². The molecule has 0 spiro atoms. The maximum Gasteiger partial charge on any atom is 0.141 e. The third-order valence-electron chi connectivity index (χ3n) is 7.58. The standard InChI is InChI=1S/C34H19N3O/c35-19-20-8-7-9-21(18-20)32-27-13-3-5-14-28(27)36-34(37-32)31-24-12-2-1-10-22(24)25-16-17-26-23-11-4-6-15-29(23)38-33(26)30(25)31/h1-18,31H. The number of fused-ring (bicyclic) bond motifs is 8. The van der Waals surface area contributed by atoms with Crippen molar-refractivity contribution in [1.29, 1.82) is 5.26 Å². The zero-order chi connectivity index (χ0) is 25.2. The maximum absolute atomic E-state index is 9.54. The van der Waals surface area contributed by atoms with E-state index >= 15 is 0 Å². The molecule has 8 rings (SSSR count). The molecule has 4 nitrogen and oxygen atoms in total. The molecule has 2 aromatic heterocycles. The van der Waals surface area contributed by atoms with Gasteiger partial charge in [0, 0.05) is 27.3 Å². The molecule has 0 saturated carbocycles. The lowest BCUT2D eigenvalue weighted by Gasteiger charge is -2.16. The molecule has 0 amide bonds. The molecule has 1 aliphatic rings. The van der Waals surface area contributed by atoms with Crippen LogP contribution >= 0.6 is 0 Å². The molecule has 38 heavy (non-hydrogen) atoms. The summed E-state index contributed by atoms with van der Waals surface area (Å²) in [5.74, 6) is 0.535. The average molecular weight is 486 g/mol. The van der Waals surface area contributed by atoms with Gasteiger partial charge in [0.1, 0.15) is 17.0 Å². The fraction of sp³-hybridized carbons (Fsp3) is 0.0294. The SMILES string of the molecule is N#Cc1cccc(-c2nc(C3c4ccccc4-c4ccc5c(oc6ccccc65)c43)nc3ccccc23)c1. The molecule has 7 aromatic rings. The fourth-order valence-electron chi connectivity index (χ4n) is 5.93. The van der Waals surface area contributed by atoms with E-state index in [1.165, 1.54) is 11.1 Å². The smallest absolute Gasteiger partial charge is 0.141 e. The van der Waals surface area contributed by atoms with E-state index in [9.17, 15) is 5.26 Å². The van der Waals surface area contributed by atoms with Gasteiger partial charge in [-0.1, -0.05) is 78.9 Å². The Morgan fingerprint density at radius 1 is 0.684 bits per heavy atom. The van der Waals surface area contributed by atoms with Crippen molar-refractivity contribution in [2.24, 2.45) is 0 Å². The molecule has 1 atom stereocenters. The van der Waals surface area contributed by atoms with Crippen molar-refractivity contribution < 1.29 is 4.42 Å². The molecular weight excluding hydrogens is 466 g/mol. The summed E-state index contributed by atoms with van der Waals surface area (Å²) in [5.41, 5.74) is 9.57. The molecule has 0 bridgehead atoms. The van der Waals surface area contributed by atoms with Gasteiger partial charge in [-0.25, -0.2) is 9.97 Å². The molecule has 1 unspecified atom stereocenters. The van der Waals surface area contributed by atoms with Crippen LogP contribution in [0.3, 0.4) is 0 Å². The Labute approximate surface area is 218 Å². The van der Waals surface area contributed by atoms with Crippen LogP contribution in [-0.2, 0) is 0 Å². The number of nitrogens with zero attached hydrogens (tertiary/aromatic N) is 3. The monoisotopic (exact) mass is 485 g/mol. The Kier molecular flexibility index (Phi) is 4.32. The predicted molar refractivity (Wildman–Crippen MR) is 150 cm³/mol. The minimum atomic E-state index is -0.187. The summed E-state index contributed by atoms with van der Waals surface area (Å²) in [4.78, 5) is 10.4. The highest BCUT2D eigenvalue weighted by molar-refractivity contribution is 6.09. The minimum absolute atomic E-state index is 0.187.